The lowest BCUT2D eigenvalue weighted by Gasteiger charge is -2.61. The number of amidine groups is 1. The molecule has 178 valence electrons. The number of rotatable bonds is 5. The van der Waals surface area contributed by atoms with Gasteiger partial charge in [-0.3, -0.25) is 0 Å². The van der Waals surface area contributed by atoms with Crippen molar-refractivity contribution in [2.45, 2.75) is 45.3 Å². The fraction of sp³-hybridized carbons (Fsp3) is 0.462. The molecule has 2 heterocycles. The van der Waals surface area contributed by atoms with Crippen molar-refractivity contribution in [3.63, 3.8) is 0 Å². The molecule has 5 nitrogen and oxygen atoms in total. The first-order chi connectivity index (χ1) is 16.2. The molecule has 3 aliphatic carbocycles. The van der Waals surface area contributed by atoms with E-state index in [-0.39, 0.29) is 11.6 Å². The van der Waals surface area contributed by atoms with Crippen LogP contribution in [-0.2, 0) is 6.18 Å². The van der Waals surface area contributed by atoms with Crippen molar-refractivity contribution < 1.29 is 17.9 Å². The highest BCUT2D eigenvalue weighted by Gasteiger charge is 2.56. The number of nitrogens with one attached hydrogen (secondary N) is 1. The number of ether oxygens (including phenoxy) is 1. The molecule has 0 unspecified atom stereocenters. The van der Waals surface area contributed by atoms with Gasteiger partial charge in [-0.05, 0) is 74.4 Å². The zero-order valence-electron chi connectivity index (χ0n) is 19.2. The van der Waals surface area contributed by atoms with Gasteiger partial charge in [0.15, 0.2) is 0 Å². The maximum Gasteiger partial charge on any atom is 0.416 e. The Bertz CT molecular complexity index is 1200. The number of hydrogen-bond donors (Lipinski definition) is 1. The van der Waals surface area contributed by atoms with Crippen LogP contribution >= 0.6 is 0 Å². The zero-order valence-corrected chi connectivity index (χ0v) is 19.2. The lowest BCUT2D eigenvalue weighted by Crippen LogP contribution is -2.55. The summed E-state index contributed by atoms with van der Waals surface area (Å²) < 4.78 is 46.5. The standard InChI is InChI=1S/C26H27F3N4O/c1-15-19(4-3-5-21(15)26(27,28)29)16(2)31-23-20-10-18(34-14-25-11-17(12-25)13-25)6-7-22(20)33-9-8-30-24(33)32-23/h3-7,10,16-17H,8-9,11-14H2,1-2H3,(H,30,31,32)/t16-,17?,25?/m1/s1. The average molecular weight is 469 g/mol. The van der Waals surface area contributed by atoms with E-state index in [0.717, 1.165) is 42.1 Å². The fourth-order valence-electron chi connectivity index (χ4n) is 5.84. The van der Waals surface area contributed by atoms with Crippen molar-refractivity contribution in [2.75, 3.05) is 24.6 Å². The topological polar surface area (TPSA) is 49.2 Å². The monoisotopic (exact) mass is 468 g/mol. The van der Waals surface area contributed by atoms with Gasteiger partial charge in [0, 0.05) is 17.5 Å². The van der Waals surface area contributed by atoms with E-state index >= 15 is 0 Å². The number of guanidine groups is 1. The zero-order chi connectivity index (χ0) is 23.7. The Kier molecular flexibility index (Phi) is 4.73. The predicted molar refractivity (Wildman–Crippen MR) is 126 cm³/mol. The van der Waals surface area contributed by atoms with Gasteiger partial charge in [-0.15, -0.1) is 0 Å². The summed E-state index contributed by atoms with van der Waals surface area (Å²) in [4.78, 5) is 11.3. The van der Waals surface area contributed by atoms with Crippen LogP contribution in [0.1, 0.15) is 54.5 Å². The number of hydrogen-bond acceptors (Lipinski definition) is 5. The first kappa shape index (κ1) is 21.5. The van der Waals surface area contributed by atoms with Crippen molar-refractivity contribution in [1.82, 2.24) is 5.32 Å². The van der Waals surface area contributed by atoms with Crippen LogP contribution in [0, 0.1) is 18.3 Å². The Labute approximate surface area is 196 Å². The minimum atomic E-state index is -4.39. The molecule has 0 spiro atoms. The molecule has 0 saturated heterocycles. The van der Waals surface area contributed by atoms with E-state index in [2.05, 4.69) is 15.2 Å². The van der Waals surface area contributed by atoms with Crippen LogP contribution in [0.25, 0.3) is 0 Å². The fourth-order valence-corrected chi connectivity index (χ4v) is 5.84. The van der Waals surface area contributed by atoms with Gasteiger partial charge in [0.2, 0.25) is 5.96 Å². The highest BCUT2D eigenvalue weighted by Crippen LogP contribution is 2.64. The van der Waals surface area contributed by atoms with E-state index in [0.29, 0.717) is 29.3 Å². The number of benzene rings is 2. The average Bonchev–Trinajstić information content (AvgIpc) is 3.19. The second kappa shape index (κ2) is 7.48. The Balaban J connectivity index is 1.29. The van der Waals surface area contributed by atoms with Gasteiger partial charge in [-0.1, -0.05) is 12.1 Å². The highest BCUT2D eigenvalue weighted by molar-refractivity contribution is 6.18. The van der Waals surface area contributed by atoms with Crippen LogP contribution in [0.2, 0.25) is 0 Å². The smallest absolute Gasteiger partial charge is 0.416 e. The molecule has 0 amide bonds. The molecule has 0 radical (unpaired) electrons. The van der Waals surface area contributed by atoms with E-state index in [1.54, 1.807) is 6.07 Å². The molecule has 8 heteroatoms. The summed E-state index contributed by atoms with van der Waals surface area (Å²) in [5.41, 5.74) is 2.44. The van der Waals surface area contributed by atoms with Crippen molar-refractivity contribution in [3.8, 4) is 5.75 Å². The minimum Gasteiger partial charge on any atom is -0.493 e. The normalized spacial score (nSPS) is 25.3. The van der Waals surface area contributed by atoms with Crippen LogP contribution < -0.4 is 15.0 Å². The lowest BCUT2D eigenvalue weighted by molar-refractivity contribution is -0.138. The maximum absolute atomic E-state index is 13.4. The van der Waals surface area contributed by atoms with E-state index in [9.17, 15) is 13.2 Å². The van der Waals surface area contributed by atoms with Gasteiger partial charge < -0.3 is 15.0 Å². The van der Waals surface area contributed by atoms with Crippen molar-refractivity contribution in [1.29, 1.82) is 0 Å². The van der Waals surface area contributed by atoms with Gasteiger partial charge in [0.25, 0.3) is 0 Å². The lowest BCUT2D eigenvalue weighted by atomic mass is 9.45. The largest absolute Gasteiger partial charge is 0.493 e. The second-order valence-electron chi connectivity index (χ2n) is 10.1. The number of alkyl halides is 3. The molecular weight excluding hydrogens is 441 g/mol. The van der Waals surface area contributed by atoms with Gasteiger partial charge in [0.05, 0.1) is 30.4 Å². The number of nitrogens with zero attached hydrogens (tertiary/aromatic N) is 3. The molecule has 2 aliphatic heterocycles. The Morgan fingerprint density at radius 1 is 1.21 bits per heavy atom. The third kappa shape index (κ3) is 3.46. The molecule has 34 heavy (non-hydrogen) atoms. The van der Waals surface area contributed by atoms with Gasteiger partial charge in [0.1, 0.15) is 11.6 Å². The van der Waals surface area contributed by atoms with Crippen molar-refractivity contribution in [2.24, 2.45) is 21.3 Å². The van der Waals surface area contributed by atoms with Gasteiger partial charge >= 0.3 is 6.18 Å². The van der Waals surface area contributed by atoms with E-state index in [4.69, 9.17) is 9.73 Å². The number of aliphatic imine (C=N–C) groups is 2. The number of fused-ring (bicyclic) bond motifs is 3. The Morgan fingerprint density at radius 3 is 2.71 bits per heavy atom. The summed E-state index contributed by atoms with van der Waals surface area (Å²) in [5, 5.41) is 3.37. The number of halogens is 3. The van der Waals surface area contributed by atoms with Crippen molar-refractivity contribution in [3.05, 3.63) is 58.7 Å². The summed E-state index contributed by atoms with van der Waals surface area (Å²) in [6.07, 6.45) is -0.574. The van der Waals surface area contributed by atoms with Gasteiger partial charge in [-0.25, -0.2) is 4.99 Å². The quantitative estimate of drug-likeness (QED) is 0.632. The molecule has 2 aromatic carbocycles. The molecule has 2 bridgehead atoms. The molecule has 7 rings (SSSR count). The Morgan fingerprint density at radius 2 is 2.00 bits per heavy atom. The predicted octanol–water partition coefficient (Wildman–Crippen LogP) is 5.48. The van der Waals surface area contributed by atoms with Crippen LogP contribution in [0.15, 0.2) is 46.4 Å². The molecule has 3 saturated carbocycles. The summed E-state index contributed by atoms with van der Waals surface area (Å²) in [7, 11) is 0. The molecular formula is C26H27F3N4O. The third-order valence-electron chi connectivity index (χ3n) is 7.75. The van der Waals surface area contributed by atoms with Gasteiger partial charge in [-0.2, -0.15) is 18.2 Å². The Hall–Kier alpha value is -3.03. The summed E-state index contributed by atoms with van der Waals surface area (Å²) >= 11 is 0. The molecule has 5 aliphatic rings. The first-order valence-corrected chi connectivity index (χ1v) is 11.8. The van der Waals surface area contributed by atoms with Crippen LogP contribution in [-0.4, -0.2) is 31.5 Å². The first-order valence-electron chi connectivity index (χ1n) is 11.8. The van der Waals surface area contributed by atoms with Crippen LogP contribution in [0.5, 0.6) is 5.75 Å². The molecule has 1 atom stereocenters. The molecule has 0 aromatic heterocycles. The summed E-state index contributed by atoms with van der Waals surface area (Å²) in [6.45, 7) is 5.53. The summed E-state index contributed by atoms with van der Waals surface area (Å²) in [5.74, 6) is 2.93. The van der Waals surface area contributed by atoms with Crippen LogP contribution in [0.4, 0.5) is 18.9 Å². The molecule has 3 fully saturated rings. The SMILES string of the molecule is Cc1c([C@@H](C)NC2=NC3=NCCN3c3ccc(OCC45CC(C4)C5)cc32)cccc1C(F)(F)F. The minimum absolute atomic E-state index is 0.224. The van der Waals surface area contributed by atoms with Crippen molar-refractivity contribution >= 4 is 17.5 Å². The van der Waals surface area contributed by atoms with Crippen LogP contribution in [0.3, 0.4) is 0 Å². The van der Waals surface area contributed by atoms with E-state index in [1.165, 1.54) is 32.3 Å². The second-order valence-corrected chi connectivity index (χ2v) is 10.1. The molecule has 1 N–H and O–H groups in total. The third-order valence-corrected chi connectivity index (χ3v) is 7.75. The van der Waals surface area contributed by atoms with E-state index in [1.807, 2.05) is 25.1 Å². The maximum atomic E-state index is 13.4. The number of anilines is 1. The van der Waals surface area contributed by atoms with E-state index < -0.39 is 11.7 Å². The highest BCUT2D eigenvalue weighted by atomic mass is 19.4. The molecule has 2 aromatic rings. The summed E-state index contributed by atoms with van der Waals surface area (Å²) in [6, 6.07) is 9.95.